The summed E-state index contributed by atoms with van der Waals surface area (Å²) in [5, 5.41) is 8.86. The fourth-order valence-corrected chi connectivity index (χ4v) is 2.68. The minimum absolute atomic E-state index is 0.0837. The second-order valence-corrected chi connectivity index (χ2v) is 6.84. The number of nitrogens with zero attached hydrogens (tertiary/aromatic N) is 2. The number of aromatic amines is 2. The van der Waals surface area contributed by atoms with Crippen molar-refractivity contribution in [3.8, 4) is 0 Å². The molecule has 2 amide bonds. The Hall–Kier alpha value is -2.32. The van der Waals surface area contributed by atoms with Gasteiger partial charge in [-0.15, -0.1) is 0 Å². The van der Waals surface area contributed by atoms with Crippen LogP contribution < -0.4 is 11.0 Å². The largest absolute Gasteiger partial charge is 0.444 e. The maximum absolute atomic E-state index is 12.5. The van der Waals surface area contributed by atoms with Crippen molar-refractivity contribution in [2.24, 2.45) is 0 Å². The lowest BCUT2D eigenvalue weighted by Crippen LogP contribution is -2.41. The molecule has 0 aliphatic carbocycles. The van der Waals surface area contributed by atoms with Gasteiger partial charge in [0.1, 0.15) is 5.60 Å². The average Bonchev–Trinajstić information content (AvgIpc) is 2.91. The number of carbonyl (C=O) groups excluding carboxylic acids is 2. The van der Waals surface area contributed by atoms with E-state index in [4.69, 9.17) is 4.74 Å². The molecule has 1 aromatic heterocycles. The second kappa shape index (κ2) is 7.50. The van der Waals surface area contributed by atoms with Crippen LogP contribution in [0.5, 0.6) is 0 Å². The van der Waals surface area contributed by atoms with Crippen molar-refractivity contribution in [2.75, 3.05) is 13.1 Å². The van der Waals surface area contributed by atoms with Crippen LogP contribution in [0.25, 0.3) is 0 Å². The minimum Gasteiger partial charge on any atom is -0.444 e. The first-order valence-electron chi connectivity index (χ1n) is 8.17. The van der Waals surface area contributed by atoms with Gasteiger partial charge >= 0.3 is 11.8 Å². The molecule has 1 fully saturated rings. The monoisotopic (exact) mass is 339 g/mol. The molecule has 3 N–H and O–H groups in total. The molecule has 24 heavy (non-hydrogen) atoms. The maximum Gasteiger partial charge on any atom is 0.407 e. The van der Waals surface area contributed by atoms with Crippen molar-refractivity contribution < 1.29 is 14.3 Å². The van der Waals surface area contributed by atoms with Gasteiger partial charge in [-0.1, -0.05) is 0 Å². The molecule has 9 nitrogen and oxygen atoms in total. The highest BCUT2D eigenvalue weighted by molar-refractivity contribution is 5.77. The van der Waals surface area contributed by atoms with E-state index in [0.29, 0.717) is 12.4 Å². The van der Waals surface area contributed by atoms with Crippen LogP contribution in [0.2, 0.25) is 0 Å². The van der Waals surface area contributed by atoms with Crippen molar-refractivity contribution >= 4 is 12.0 Å². The Kier molecular flexibility index (Phi) is 5.63. The smallest absolute Gasteiger partial charge is 0.407 e. The van der Waals surface area contributed by atoms with Crippen molar-refractivity contribution in [1.29, 1.82) is 0 Å². The van der Waals surface area contributed by atoms with Gasteiger partial charge in [-0.2, -0.15) is 5.10 Å². The maximum atomic E-state index is 12.5. The lowest BCUT2D eigenvalue weighted by molar-refractivity contribution is -0.135. The molecular formula is C15H25N5O4. The molecule has 0 radical (unpaired) electrons. The molecule has 2 rings (SSSR count). The van der Waals surface area contributed by atoms with Crippen molar-refractivity contribution in [3.63, 3.8) is 0 Å². The fourth-order valence-electron chi connectivity index (χ4n) is 2.68. The van der Waals surface area contributed by atoms with E-state index < -0.39 is 11.7 Å². The molecule has 1 aromatic rings. The number of piperidine rings is 1. The summed E-state index contributed by atoms with van der Waals surface area (Å²) in [5.41, 5.74) is -0.952. The third kappa shape index (κ3) is 5.10. The van der Waals surface area contributed by atoms with Gasteiger partial charge in [-0.25, -0.2) is 14.7 Å². The number of H-pyrrole nitrogens is 2. The van der Waals surface area contributed by atoms with Crippen LogP contribution in [-0.4, -0.2) is 50.8 Å². The molecule has 1 saturated heterocycles. The zero-order chi connectivity index (χ0) is 17.7. The van der Waals surface area contributed by atoms with E-state index in [-0.39, 0.29) is 30.6 Å². The van der Waals surface area contributed by atoms with E-state index in [1.807, 2.05) is 0 Å². The van der Waals surface area contributed by atoms with Gasteiger partial charge in [0.25, 0.3) is 0 Å². The molecule has 1 unspecified atom stereocenters. The van der Waals surface area contributed by atoms with E-state index >= 15 is 0 Å². The molecule has 134 valence electrons. The third-order valence-corrected chi connectivity index (χ3v) is 3.67. The number of ether oxygens (including phenoxy) is 1. The molecule has 0 aromatic carbocycles. The van der Waals surface area contributed by atoms with Gasteiger partial charge in [0.15, 0.2) is 5.82 Å². The lowest BCUT2D eigenvalue weighted by atomic mass is 10.0. The summed E-state index contributed by atoms with van der Waals surface area (Å²) in [6.07, 6.45) is 2.27. The number of aromatic nitrogens is 3. The fraction of sp³-hybridized carbons (Fsp3) is 0.733. The predicted molar refractivity (Wildman–Crippen MR) is 86.4 cm³/mol. The topological polar surface area (TPSA) is 120 Å². The highest BCUT2D eigenvalue weighted by Crippen LogP contribution is 2.28. The zero-order valence-electron chi connectivity index (χ0n) is 14.3. The standard InChI is InChI=1S/C15H25N5O4/c1-15(2,3)24-14(23)16-8-7-11(21)20-9-5-4-6-10(20)12-17-13(22)19-18-12/h10H,4-9H2,1-3H3,(H,16,23)(H2,17,18,19,22). The van der Waals surface area contributed by atoms with Crippen molar-refractivity contribution in [2.45, 2.75) is 58.1 Å². The lowest BCUT2D eigenvalue weighted by Gasteiger charge is -2.34. The highest BCUT2D eigenvalue weighted by atomic mass is 16.6. The molecule has 2 heterocycles. The van der Waals surface area contributed by atoms with Crippen LogP contribution >= 0.6 is 0 Å². The minimum atomic E-state index is -0.572. The summed E-state index contributed by atoms with van der Waals surface area (Å²) in [6, 6.07) is -0.230. The number of amides is 2. The SMILES string of the molecule is CC(C)(C)OC(=O)NCCC(=O)N1CCCCC1c1n[nH]c(=O)[nH]1. The van der Waals surface area contributed by atoms with Gasteiger partial charge < -0.3 is 15.0 Å². The molecule has 1 atom stereocenters. The second-order valence-electron chi connectivity index (χ2n) is 6.84. The normalized spacial score (nSPS) is 18.3. The van der Waals surface area contributed by atoms with Crippen LogP contribution in [0.4, 0.5) is 4.79 Å². The molecule has 9 heteroatoms. The molecule has 1 aliphatic rings. The van der Waals surface area contributed by atoms with E-state index in [0.717, 1.165) is 19.3 Å². The third-order valence-electron chi connectivity index (χ3n) is 3.67. The first-order valence-corrected chi connectivity index (χ1v) is 8.17. The Morgan fingerprint density at radius 3 is 2.75 bits per heavy atom. The number of rotatable bonds is 4. The molecule has 0 spiro atoms. The van der Waals surface area contributed by atoms with Crippen LogP contribution in [-0.2, 0) is 9.53 Å². The van der Waals surface area contributed by atoms with E-state index in [9.17, 15) is 14.4 Å². The Morgan fingerprint density at radius 2 is 2.12 bits per heavy atom. The molecule has 0 saturated carbocycles. The van der Waals surface area contributed by atoms with Crippen LogP contribution in [0.3, 0.4) is 0 Å². The predicted octanol–water partition coefficient (Wildman–Crippen LogP) is 1.07. The number of carbonyl (C=O) groups is 2. The number of alkyl carbamates (subject to hydrolysis) is 1. The number of hydrogen-bond acceptors (Lipinski definition) is 5. The summed E-state index contributed by atoms with van der Waals surface area (Å²) in [5.74, 6) is 0.396. The number of likely N-dealkylation sites (tertiary alicyclic amines) is 1. The summed E-state index contributed by atoms with van der Waals surface area (Å²) in [7, 11) is 0. The van der Waals surface area contributed by atoms with Gasteiger partial charge in [0.2, 0.25) is 5.91 Å². The van der Waals surface area contributed by atoms with E-state index in [1.54, 1.807) is 25.7 Å². The highest BCUT2D eigenvalue weighted by Gasteiger charge is 2.30. The Bertz CT molecular complexity index is 630. The average molecular weight is 339 g/mol. The van der Waals surface area contributed by atoms with Crippen LogP contribution in [0.1, 0.15) is 58.3 Å². The number of nitrogens with one attached hydrogen (secondary N) is 3. The van der Waals surface area contributed by atoms with Gasteiger partial charge in [-0.05, 0) is 40.0 Å². The Labute approximate surface area is 140 Å². The van der Waals surface area contributed by atoms with Crippen LogP contribution in [0, 0.1) is 0 Å². The number of hydrogen-bond donors (Lipinski definition) is 3. The molecule has 0 bridgehead atoms. The molecular weight excluding hydrogens is 314 g/mol. The first kappa shape index (κ1) is 18.0. The van der Waals surface area contributed by atoms with Gasteiger partial charge in [0, 0.05) is 19.5 Å². The first-order chi connectivity index (χ1) is 11.3. The van der Waals surface area contributed by atoms with E-state index in [2.05, 4.69) is 20.5 Å². The zero-order valence-corrected chi connectivity index (χ0v) is 14.3. The van der Waals surface area contributed by atoms with Crippen molar-refractivity contribution in [3.05, 3.63) is 16.3 Å². The Morgan fingerprint density at radius 1 is 1.38 bits per heavy atom. The molecule has 1 aliphatic heterocycles. The summed E-state index contributed by atoms with van der Waals surface area (Å²) in [6.45, 7) is 6.15. The van der Waals surface area contributed by atoms with Gasteiger partial charge in [-0.3, -0.25) is 9.78 Å². The summed E-state index contributed by atoms with van der Waals surface area (Å²) >= 11 is 0. The summed E-state index contributed by atoms with van der Waals surface area (Å²) < 4.78 is 5.13. The van der Waals surface area contributed by atoms with Gasteiger partial charge in [0.05, 0.1) is 6.04 Å². The summed E-state index contributed by atoms with van der Waals surface area (Å²) in [4.78, 5) is 39.6. The van der Waals surface area contributed by atoms with Crippen LogP contribution in [0.15, 0.2) is 4.79 Å². The quantitative estimate of drug-likeness (QED) is 0.758. The van der Waals surface area contributed by atoms with Crippen molar-refractivity contribution in [1.82, 2.24) is 25.4 Å². The van der Waals surface area contributed by atoms with E-state index in [1.165, 1.54) is 0 Å². The Balaban J connectivity index is 1.88.